The maximum Gasteiger partial charge on any atom is 0.322 e. The Hall–Kier alpha value is -0.570. The molecule has 1 aliphatic carbocycles. The van der Waals surface area contributed by atoms with Gasteiger partial charge in [0.05, 0.1) is 7.11 Å². The second-order valence-electron chi connectivity index (χ2n) is 3.31. The summed E-state index contributed by atoms with van der Waals surface area (Å²) in [5.74, 6) is -0.122. The van der Waals surface area contributed by atoms with E-state index < -0.39 is 0 Å². The van der Waals surface area contributed by atoms with Crippen molar-refractivity contribution in [2.75, 3.05) is 7.11 Å². The Balaban J connectivity index is 2.30. The summed E-state index contributed by atoms with van der Waals surface area (Å²) in [6.07, 6.45) is 4.30. The number of methoxy groups -OCH3 is 1. The first-order valence-corrected chi connectivity index (χ1v) is 4.61. The number of ether oxygens (including phenoxy) is 1. The number of hydrogen-bond acceptors (Lipinski definition) is 3. The summed E-state index contributed by atoms with van der Waals surface area (Å²) in [7, 11) is 1.44. The summed E-state index contributed by atoms with van der Waals surface area (Å²) in [5.41, 5.74) is 0. The summed E-state index contributed by atoms with van der Waals surface area (Å²) in [4.78, 5) is 11.2. The molecule has 1 atom stereocenters. The summed E-state index contributed by atoms with van der Waals surface area (Å²) in [6.45, 7) is 2.07. The number of nitrogens with one attached hydrogen (secondary N) is 1. The van der Waals surface area contributed by atoms with E-state index >= 15 is 0 Å². The molecule has 0 aromatic rings. The molecule has 0 heterocycles. The maximum absolute atomic E-state index is 11.2. The molecule has 3 heteroatoms. The normalized spacial score (nSPS) is 18.8. The van der Waals surface area contributed by atoms with Crippen LogP contribution >= 0.6 is 0 Å². The predicted molar refractivity (Wildman–Crippen MR) is 46.9 cm³/mol. The molecular formula is C9H17NO2. The van der Waals surface area contributed by atoms with Crippen LogP contribution in [0.3, 0.4) is 0 Å². The van der Waals surface area contributed by atoms with E-state index in [2.05, 4.69) is 12.2 Å². The van der Waals surface area contributed by atoms with Crippen LogP contribution in [-0.4, -0.2) is 25.2 Å². The van der Waals surface area contributed by atoms with Crippen LogP contribution in [0.1, 0.15) is 32.6 Å². The van der Waals surface area contributed by atoms with Gasteiger partial charge in [0, 0.05) is 6.04 Å². The highest BCUT2D eigenvalue weighted by molar-refractivity contribution is 5.75. The van der Waals surface area contributed by atoms with Crippen LogP contribution in [0, 0.1) is 0 Å². The van der Waals surface area contributed by atoms with E-state index in [0.29, 0.717) is 6.04 Å². The molecule has 12 heavy (non-hydrogen) atoms. The van der Waals surface area contributed by atoms with E-state index in [1.165, 1.54) is 20.0 Å². The molecule has 1 rings (SSSR count). The van der Waals surface area contributed by atoms with Crippen molar-refractivity contribution in [1.29, 1.82) is 0 Å². The molecule has 1 N–H and O–H groups in total. The van der Waals surface area contributed by atoms with Crippen molar-refractivity contribution < 1.29 is 9.53 Å². The minimum absolute atomic E-state index is 0.0764. The fourth-order valence-corrected chi connectivity index (χ4v) is 1.23. The summed E-state index contributed by atoms with van der Waals surface area (Å²) < 4.78 is 4.69. The van der Waals surface area contributed by atoms with Gasteiger partial charge in [-0.15, -0.1) is 0 Å². The molecule has 0 aliphatic heterocycles. The van der Waals surface area contributed by atoms with Gasteiger partial charge in [0.15, 0.2) is 0 Å². The molecule has 0 aromatic carbocycles. The number of carbonyl (C=O) groups excluding carboxylic acids is 1. The zero-order chi connectivity index (χ0) is 8.97. The lowest BCUT2D eigenvalue weighted by Gasteiger charge is -2.14. The minimum atomic E-state index is -0.122. The van der Waals surface area contributed by atoms with E-state index in [0.717, 1.165) is 12.8 Å². The number of rotatable bonds is 5. The fraction of sp³-hybridized carbons (Fsp3) is 0.889. The Kier molecular flexibility index (Phi) is 3.53. The van der Waals surface area contributed by atoms with Gasteiger partial charge in [0.2, 0.25) is 0 Å². The molecule has 0 bridgehead atoms. The van der Waals surface area contributed by atoms with Gasteiger partial charge in [-0.25, -0.2) is 0 Å². The van der Waals surface area contributed by atoms with Gasteiger partial charge in [-0.05, 0) is 19.3 Å². The average Bonchev–Trinajstić information content (AvgIpc) is 2.86. The first-order chi connectivity index (χ1) is 5.77. The Morgan fingerprint density at radius 2 is 2.33 bits per heavy atom. The Labute approximate surface area is 73.5 Å². The molecule has 0 aromatic heterocycles. The summed E-state index contributed by atoms with van der Waals surface area (Å²) in [5, 5.41) is 3.27. The lowest BCUT2D eigenvalue weighted by atomic mass is 10.1. The van der Waals surface area contributed by atoms with Crippen molar-refractivity contribution in [2.45, 2.75) is 44.7 Å². The van der Waals surface area contributed by atoms with Crippen molar-refractivity contribution in [3.8, 4) is 0 Å². The smallest absolute Gasteiger partial charge is 0.322 e. The van der Waals surface area contributed by atoms with Crippen LogP contribution in [-0.2, 0) is 9.53 Å². The zero-order valence-corrected chi connectivity index (χ0v) is 7.80. The van der Waals surface area contributed by atoms with E-state index in [1.807, 2.05) is 0 Å². The average molecular weight is 171 g/mol. The van der Waals surface area contributed by atoms with Crippen LogP contribution in [0.15, 0.2) is 0 Å². The van der Waals surface area contributed by atoms with Gasteiger partial charge in [-0.1, -0.05) is 13.3 Å². The topological polar surface area (TPSA) is 38.3 Å². The third-order valence-electron chi connectivity index (χ3n) is 2.08. The molecule has 0 radical (unpaired) electrons. The third-order valence-corrected chi connectivity index (χ3v) is 2.08. The molecule has 0 spiro atoms. The monoisotopic (exact) mass is 171 g/mol. The van der Waals surface area contributed by atoms with E-state index in [4.69, 9.17) is 4.74 Å². The lowest BCUT2D eigenvalue weighted by Crippen LogP contribution is -2.38. The Bertz CT molecular complexity index is 155. The molecule has 0 amide bonds. The van der Waals surface area contributed by atoms with Gasteiger partial charge in [-0.2, -0.15) is 0 Å². The second kappa shape index (κ2) is 4.45. The van der Waals surface area contributed by atoms with Gasteiger partial charge >= 0.3 is 5.97 Å². The quantitative estimate of drug-likeness (QED) is 0.629. The summed E-state index contributed by atoms with van der Waals surface area (Å²) in [6, 6.07) is 0.494. The van der Waals surface area contributed by atoms with Crippen molar-refractivity contribution in [2.24, 2.45) is 0 Å². The minimum Gasteiger partial charge on any atom is -0.468 e. The third kappa shape index (κ3) is 2.81. The van der Waals surface area contributed by atoms with Gasteiger partial charge in [-0.3, -0.25) is 4.79 Å². The van der Waals surface area contributed by atoms with Crippen molar-refractivity contribution in [1.82, 2.24) is 5.32 Å². The molecule has 70 valence electrons. The number of carbonyl (C=O) groups is 1. The van der Waals surface area contributed by atoms with E-state index in [9.17, 15) is 4.79 Å². The SMILES string of the molecule is CCCC(NC1CC1)C(=O)OC. The fourth-order valence-electron chi connectivity index (χ4n) is 1.23. The van der Waals surface area contributed by atoms with Crippen LogP contribution < -0.4 is 5.32 Å². The number of esters is 1. The molecule has 1 unspecified atom stereocenters. The summed E-state index contributed by atoms with van der Waals surface area (Å²) >= 11 is 0. The number of hydrogen-bond donors (Lipinski definition) is 1. The highest BCUT2D eigenvalue weighted by atomic mass is 16.5. The van der Waals surface area contributed by atoms with E-state index in [1.54, 1.807) is 0 Å². The van der Waals surface area contributed by atoms with Gasteiger partial charge in [0.25, 0.3) is 0 Å². The largest absolute Gasteiger partial charge is 0.468 e. The molecule has 3 nitrogen and oxygen atoms in total. The Morgan fingerprint density at radius 1 is 1.67 bits per heavy atom. The maximum atomic E-state index is 11.2. The predicted octanol–water partition coefficient (Wildman–Crippen LogP) is 1.08. The first-order valence-electron chi connectivity index (χ1n) is 4.61. The Morgan fingerprint density at radius 3 is 2.75 bits per heavy atom. The van der Waals surface area contributed by atoms with E-state index in [-0.39, 0.29) is 12.0 Å². The standard InChI is InChI=1S/C9H17NO2/c1-3-4-8(9(11)12-2)10-7-5-6-7/h7-8,10H,3-6H2,1-2H3. The molecule has 1 saturated carbocycles. The second-order valence-corrected chi connectivity index (χ2v) is 3.31. The van der Waals surface area contributed by atoms with Crippen LogP contribution in [0.5, 0.6) is 0 Å². The molecule has 1 fully saturated rings. The molecule has 0 saturated heterocycles. The van der Waals surface area contributed by atoms with Crippen LogP contribution in [0.25, 0.3) is 0 Å². The van der Waals surface area contributed by atoms with Gasteiger partial charge < -0.3 is 10.1 Å². The van der Waals surface area contributed by atoms with Crippen molar-refractivity contribution in [3.05, 3.63) is 0 Å². The van der Waals surface area contributed by atoms with Crippen LogP contribution in [0.2, 0.25) is 0 Å². The van der Waals surface area contributed by atoms with Crippen molar-refractivity contribution >= 4 is 5.97 Å². The highest BCUT2D eigenvalue weighted by Gasteiger charge is 2.27. The first kappa shape index (κ1) is 9.52. The molecule has 1 aliphatic rings. The van der Waals surface area contributed by atoms with Crippen LogP contribution in [0.4, 0.5) is 0 Å². The zero-order valence-electron chi connectivity index (χ0n) is 7.80. The lowest BCUT2D eigenvalue weighted by molar-refractivity contribution is -0.143. The van der Waals surface area contributed by atoms with Gasteiger partial charge in [0.1, 0.15) is 6.04 Å². The van der Waals surface area contributed by atoms with Crippen molar-refractivity contribution in [3.63, 3.8) is 0 Å². The highest BCUT2D eigenvalue weighted by Crippen LogP contribution is 2.20. The molecular weight excluding hydrogens is 154 g/mol.